The van der Waals surface area contributed by atoms with Crippen LogP contribution in [-0.4, -0.2) is 35.6 Å². The quantitative estimate of drug-likeness (QED) is 0.524. The Morgan fingerprint density at radius 1 is 1.18 bits per heavy atom. The van der Waals surface area contributed by atoms with E-state index in [1.807, 2.05) is 30.5 Å². The molecule has 1 aromatic heterocycles. The molecule has 1 unspecified atom stereocenters. The zero-order valence-corrected chi connectivity index (χ0v) is 16.7. The summed E-state index contributed by atoms with van der Waals surface area (Å²) in [6.45, 7) is 2.70. The third-order valence-electron chi connectivity index (χ3n) is 5.49. The van der Waals surface area contributed by atoms with Crippen LogP contribution >= 0.6 is 0 Å². The molecule has 28 heavy (non-hydrogen) atoms. The van der Waals surface area contributed by atoms with Gasteiger partial charge in [0.2, 0.25) is 5.91 Å². The lowest BCUT2D eigenvalue weighted by Crippen LogP contribution is -2.53. The number of H-pyrrole nitrogens is 1. The van der Waals surface area contributed by atoms with Gasteiger partial charge in [-0.3, -0.25) is 4.79 Å². The summed E-state index contributed by atoms with van der Waals surface area (Å²) in [6.07, 6.45) is 9.93. The van der Waals surface area contributed by atoms with Crippen LogP contribution in [0.2, 0.25) is 0 Å². The van der Waals surface area contributed by atoms with E-state index in [2.05, 4.69) is 27.9 Å². The van der Waals surface area contributed by atoms with Crippen molar-refractivity contribution in [2.75, 3.05) is 6.54 Å². The van der Waals surface area contributed by atoms with E-state index in [1.54, 1.807) is 0 Å². The van der Waals surface area contributed by atoms with Gasteiger partial charge in [0, 0.05) is 36.1 Å². The summed E-state index contributed by atoms with van der Waals surface area (Å²) >= 11 is 0. The molecule has 0 bridgehead atoms. The van der Waals surface area contributed by atoms with Crippen LogP contribution in [0.15, 0.2) is 30.5 Å². The number of rotatable bonds is 8. The van der Waals surface area contributed by atoms with Crippen molar-refractivity contribution in [1.29, 1.82) is 0 Å². The Bertz CT molecular complexity index is 780. The molecule has 152 valence electrons. The van der Waals surface area contributed by atoms with Gasteiger partial charge < -0.3 is 20.9 Å². The highest BCUT2D eigenvalue weighted by atomic mass is 16.2. The normalized spacial score (nSPS) is 15.9. The zero-order chi connectivity index (χ0) is 19.8. The maximum Gasteiger partial charge on any atom is 0.315 e. The predicted molar refractivity (Wildman–Crippen MR) is 112 cm³/mol. The van der Waals surface area contributed by atoms with E-state index in [9.17, 15) is 9.59 Å². The molecule has 3 amide bonds. The Morgan fingerprint density at radius 3 is 2.75 bits per heavy atom. The average Bonchev–Trinajstić information content (AvgIpc) is 3.11. The monoisotopic (exact) mass is 384 g/mol. The van der Waals surface area contributed by atoms with Crippen molar-refractivity contribution in [3.8, 4) is 0 Å². The van der Waals surface area contributed by atoms with E-state index < -0.39 is 6.04 Å². The number of urea groups is 1. The minimum atomic E-state index is -0.595. The number of benzene rings is 1. The topological polar surface area (TPSA) is 86.0 Å². The molecule has 0 radical (unpaired) electrons. The second-order valence-corrected chi connectivity index (χ2v) is 7.71. The van der Waals surface area contributed by atoms with Gasteiger partial charge in [-0.15, -0.1) is 0 Å². The molecule has 2 aromatic rings. The molecule has 1 aromatic carbocycles. The molecular weight excluding hydrogens is 352 g/mol. The van der Waals surface area contributed by atoms with E-state index >= 15 is 0 Å². The minimum absolute atomic E-state index is 0.0946. The first-order chi connectivity index (χ1) is 13.7. The van der Waals surface area contributed by atoms with E-state index in [1.165, 1.54) is 6.42 Å². The largest absolute Gasteiger partial charge is 0.361 e. The number of unbranched alkanes of at least 4 members (excludes halogenated alkanes) is 1. The fraction of sp³-hybridized carbons (Fsp3) is 0.545. The zero-order valence-electron chi connectivity index (χ0n) is 16.7. The lowest BCUT2D eigenvalue weighted by atomic mass is 9.95. The highest BCUT2D eigenvalue weighted by Gasteiger charge is 2.25. The second-order valence-electron chi connectivity index (χ2n) is 7.71. The Balaban J connectivity index is 1.69. The molecular formula is C22H32N4O2. The highest BCUT2D eigenvalue weighted by molar-refractivity contribution is 5.89. The molecule has 6 heteroatoms. The molecule has 1 heterocycles. The number of para-hydroxylation sites is 1. The lowest BCUT2D eigenvalue weighted by molar-refractivity contribution is -0.123. The predicted octanol–water partition coefficient (Wildman–Crippen LogP) is 3.63. The van der Waals surface area contributed by atoms with Gasteiger partial charge in [-0.25, -0.2) is 4.79 Å². The van der Waals surface area contributed by atoms with E-state index in [0.29, 0.717) is 13.0 Å². The summed E-state index contributed by atoms with van der Waals surface area (Å²) in [5.74, 6) is -0.0946. The number of aromatic amines is 1. The number of carbonyl (C=O) groups is 2. The second kappa shape index (κ2) is 10.2. The summed E-state index contributed by atoms with van der Waals surface area (Å²) in [5.41, 5.74) is 2.07. The Hall–Kier alpha value is -2.50. The van der Waals surface area contributed by atoms with Crippen LogP contribution < -0.4 is 16.0 Å². The van der Waals surface area contributed by atoms with Gasteiger partial charge in [-0.05, 0) is 30.9 Å². The van der Waals surface area contributed by atoms with E-state index in [4.69, 9.17) is 0 Å². The summed E-state index contributed by atoms with van der Waals surface area (Å²) in [4.78, 5) is 28.5. The van der Waals surface area contributed by atoms with Crippen molar-refractivity contribution in [2.45, 2.75) is 70.4 Å². The summed E-state index contributed by atoms with van der Waals surface area (Å²) < 4.78 is 0. The van der Waals surface area contributed by atoms with Crippen LogP contribution in [0.25, 0.3) is 10.9 Å². The lowest BCUT2D eigenvalue weighted by Gasteiger charge is -2.26. The van der Waals surface area contributed by atoms with Crippen LogP contribution in [0.5, 0.6) is 0 Å². The fourth-order valence-corrected chi connectivity index (χ4v) is 3.87. The molecule has 0 spiro atoms. The molecule has 1 saturated carbocycles. The van der Waals surface area contributed by atoms with Gasteiger partial charge >= 0.3 is 6.03 Å². The molecule has 1 aliphatic rings. The highest BCUT2D eigenvalue weighted by Crippen LogP contribution is 2.20. The average molecular weight is 385 g/mol. The molecule has 3 rings (SSSR count). The van der Waals surface area contributed by atoms with Crippen molar-refractivity contribution < 1.29 is 9.59 Å². The Labute approximate surface area is 166 Å². The molecule has 0 saturated heterocycles. The first-order valence-electron chi connectivity index (χ1n) is 10.6. The van der Waals surface area contributed by atoms with Gasteiger partial charge in [-0.2, -0.15) is 0 Å². The minimum Gasteiger partial charge on any atom is -0.361 e. The summed E-state index contributed by atoms with van der Waals surface area (Å²) in [5, 5.41) is 9.99. The number of fused-ring (bicyclic) bond motifs is 1. The standard InChI is InChI=1S/C22H32N4O2/c1-2-3-13-23-22(28)26-20(21(27)25-17-9-5-4-6-10-17)14-16-15-24-19-12-8-7-11-18(16)19/h7-8,11-12,15,17,20,24H,2-6,9-10,13-14H2,1H3,(H,25,27)(H2,23,26,28). The van der Waals surface area contributed by atoms with Crippen LogP contribution in [-0.2, 0) is 11.2 Å². The van der Waals surface area contributed by atoms with Crippen molar-refractivity contribution in [3.05, 3.63) is 36.0 Å². The first-order valence-corrected chi connectivity index (χ1v) is 10.6. The number of aromatic nitrogens is 1. The van der Waals surface area contributed by atoms with Crippen LogP contribution in [0.4, 0.5) is 4.79 Å². The summed E-state index contributed by atoms with van der Waals surface area (Å²) in [7, 11) is 0. The number of nitrogens with one attached hydrogen (secondary N) is 4. The maximum atomic E-state index is 13.0. The van der Waals surface area contributed by atoms with Crippen molar-refractivity contribution in [3.63, 3.8) is 0 Å². The smallest absolute Gasteiger partial charge is 0.315 e. The number of hydrogen-bond donors (Lipinski definition) is 4. The third kappa shape index (κ3) is 5.50. The molecule has 4 N–H and O–H groups in total. The van der Waals surface area contributed by atoms with Gasteiger partial charge in [0.25, 0.3) is 0 Å². The van der Waals surface area contributed by atoms with E-state index in [0.717, 1.165) is 55.0 Å². The molecule has 6 nitrogen and oxygen atoms in total. The van der Waals surface area contributed by atoms with E-state index in [-0.39, 0.29) is 18.0 Å². The molecule has 1 aliphatic carbocycles. The van der Waals surface area contributed by atoms with Crippen LogP contribution in [0.3, 0.4) is 0 Å². The SMILES string of the molecule is CCCCNC(=O)NC(Cc1c[nH]c2ccccc12)C(=O)NC1CCCCC1. The maximum absolute atomic E-state index is 13.0. The van der Waals surface area contributed by atoms with Crippen molar-refractivity contribution >= 4 is 22.8 Å². The van der Waals surface area contributed by atoms with Gasteiger partial charge in [0.1, 0.15) is 6.04 Å². The Morgan fingerprint density at radius 2 is 1.96 bits per heavy atom. The summed E-state index contributed by atoms with van der Waals surface area (Å²) in [6, 6.07) is 7.37. The molecule has 1 atom stereocenters. The van der Waals surface area contributed by atoms with Gasteiger partial charge in [0.15, 0.2) is 0 Å². The Kier molecular flexibility index (Phi) is 7.34. The van der Waals surface area contributed by atoms with Crippen molar-refractivity contribution in [2.24, 2.45) is 0 Å². The number of amides is 3. The van der Waals surface area contributed by atoms with Crippen LogP contribution in [0.1, 0.15) is 57.4 Å². The third-order valence-corrected chi connectivity index (χ3v) is 5.49. The van der Waals surface area contributed by atoms with Crippen LogP contribution in [0, 0.1) is 0 Å². The number of hydrogen-bond acceptors (Lipinski definition) is 2. The number of carbonyl (C=O) groups excluding carboxylic acids is 2. The molecule has 1 fully saturated rings. The molecule has 0 aliphatic heterocycles. The first kappa shape index (κ1) is 20.2. The van der Waals surface area contributed by atoms with Crippen molar-refractivity contribution in [1.82, 2.24) is 20.9 Å². The van der Waals surface area contributed by atoms with Gasteiger partial charge in [0.05, 0.1) is 0 Å². The fourth-order valence-electron chi connectivity index (χ4n) is 3.87. The van der Waals surface area contributed by atoms with Gasteiger partial charge in [-0.1, -0.05) is 50.8 Å².